The Kier molecular flexibility index (Phi) is 3.47. The molecule has 7 heteroatoms. The lowest BCUT2D eigenvalue weighted by atomic mass is 10.1. The molecular formula is C18H14FN3O2S. The number of halogens is 1. The molecule has 0 unspecified atom stereocenters. The molecule has 0 aliphatic heterocycles. The number of hydrogen-bond donors (Lipinski definition) is 1. The number of fused-ring (bicyclic) bond motifs is 1. The van der Waals surface area contributed by atoms with Gasteiger partial charge < -0.3 is 0 Å². The summed E-state index contributed by atoms with van der Waals surface area (Å²) in [6.07, 6.45) is 3.22. The van der Waals surface area contributed by atoms with Crippen LogP contribution in [0.2, 0.25) is 0 Å². The molecule has 0 aliphatic carbocycles. The highest BCUT2D eigenvalue weighted by molar-refractivity contribution is 7.90. The average molecular weight is 355 g/mol. The van der Waals surface area contributed by atoms with E-state index < -0.39 is 15.8 Å². The van der Waals surface area contributed by atoms with Crippen molar-refractivity contribution in [1.29, 1.82) is 0 Å². The van der Waals surface area contributed by atoms with Crippen LogP contribution in [0.25, 0.3) is 22.0 Å². The van der Waals surface area contributed by atoms with Gasteiger partial charge in [-0.3, -0.25) is 5.10 Å². The van der Waals surface area contributed by atoms with Gasteiger partial charge in [-0.05, 0) is 37.3 Å². The first-order chi connectivity index (χ1) is 12.0. The molecule has 0 spiro atoms. The Morgan fingerprint density at radius 3 is 2.52 bits per heavy atom. The molecule has 0 fully saturated rings. The van der Waals surface area contributed by atoms with E-state index in [-0.39, 0.29) is 4.90 Å². The molecule has 0 amide bonds. The normalized spacial score (nSPS) is 11.9. The van der Waals surface area contributed by atoms with E-state index in [1.807, 2.05) is 6.92 Å². The number of rotatable bonds is 3. The summed E-state index contributed by atoms with van der Waals surface area (Å²) >= 11 is 0. The summed E-state index contributed by atoms with van der Waals surface area (Å²) in [5.41, 5.74) is 2.49. The van der Waals surface area contributed by atoms with Crippen LogP contribution in [0, 0.1) is 12.7 Å². The topological polar surface area (TPSA) is 67.8 Å². The van der Waals surface area contributed by atoms with Gasteiger partial charge in [0, 0.05) is 28.9 Å². The zero-order chi connectivity index (χ0) is 17.6. The largest absolute Gasteiger partial charge is 0.285 e. The van der Waals surface area contributed by atoms with Crippen LogP contribution >= 0.6 is 0 Å². The number of nitrogens with one attached hydrogen (secondary N) is 1. The minimum atomic E-state index is -3.85. The predicted octanol–water partition coefficient (Wildman–Crippen LogP) is 3.72. The van der Waals surface area contributed by atoms with Gasteiger partial charge in [-0.15, -0.1) is 0 Å². The quantitative estimate of drug-likeness (QED) is 0.609. The molecule has 4 rings (SSSR count). The molecule has 4 aromatic rings. The van der Waals surface area contributed by atoms with E-state index in [0.29, 0.717) is 16.5 Å². The second-order valence-electron chi connectivity index (χ2n) is 5.70. The second kappa shape index (κ2) is 5.56. The predicted molar refractivity (Wildman–Crippen MR) is 93.2 cm³/mol. The maximum atomic E-state index is 13.8. The van der Waals surface area contributed by atoms with Crippen LogP contribution in [-0.2, 0) is 10.0 Å². The van der Waals surface area contributed by atoms with Gasteiger partial charge in [-0.25, -0.2) is 16.8 Å². The molecule has 0 radical (unpaired) electrons. The van der Waals surface area contributed by atoms with Gasteiger partial charge in [-0.1, -0.05) is 18.2 Å². The van der Waals surface area contributed by atoms with Crippen LogP contribution in [0.3, 0.4) is 0 Å². The molecule has 25 heavy (non-hydrogen) atoms. The van der Waals surface area contributed by atoms with Crippen molar-refractivity contribution in [2.75, 3.05) is 0 Å². The van der Waals surface area contributed by atoms with Gasteiger partial charge in [0.2, 0.25) is 0 Å². The van der Waals surface area contributed by atoms with Crippen molar-refractivity contribution >= 4 is 20.9 Å². The van der Waals surface area contributed by atoms with Gasteiger partial charge in [0.1, 0.15) is 5.82 Å². The average Bonchev–Trinajstić information content (AvgIpc) is 3.19. The number of nitrogens with zero attached hydrogens (tertiary/aromatic N) is 2. The van der Waals surface area contributed by atoms with Crippen LogP contribution in [0.1, 0.15) is 5.69 Å². The fraction of sp³-hybridized carbons (Fsp3) is 0.0556. The van der Waals surface area contributed by atoms with Crippen molar-refractivity contribution in [2.24, 2.45) is 0 Å². The number of aromatic nitrogens is 3. The molecule has 2 aromatic carbocycles. The molecule has 2 heterocycles. The zero-order valence-electron chi connectivity index (χ0n) is 13.3. The first-order valence-corrected chi connectivity index (χ1v) is 9.04. The highest BCUT2D eigenvalue weighted by atomic mass is 32.2. The fourth-order valence-electron chi connectivity index (χ4n) is 2.92. The maximum Gasteiger partial charge on any atom is 0.268 e. The van der Waals surface area contributed by atoms with Crippen molar-refractivity contribution < 1.29 is 12.8 Å². The first-order valence-electron chi connectivity index (χ1n) is 7.60. The van der Waals surface area contributed by atoms with E-state index in [2.05, 4.69) is 10.2 Å². The summed E-state index contributed by atoms with van der Waals surface area (Å²) in [6, 6.07) is 12.2. The Hall–Kier alpha value is -2.93. The molecule has 5 nitrogen and oxygen atoms in total. The first kappa shape index (κ1) is 15.6. The Balaban J connectivity index is 2.06. The summed E-state index contributed by atoms with van der Waals surface area (Å²) in [4.78, 5) is 0.145. The summed E-state index contributed by atoms with van der Waals surface area (Å²) in [6.45, 7) is 1.82. The highest BCUT2D eigenvalue weighted by Crippen LogP contribution is 2.34. The number of benzene rings is 2. The van der Waals surface area contributed by atoms with Crippen molar-refractivity contribution in [3.05, 3.63) is 72.4 Å². The van der Waals surface area contributed by atoms with E-state index in [1.165, 1.54) is 30.5 Å². The van der Waals surface area contributed by atoms with Crippen LogP contribution in [0.15, 0.2) is 65.8 Å². The molecule has 2 aromatic heterocycles. The number of aryl methyl sites for hydroxylation is 1. The Morgan fingerprint density at radius 2 is 1.84 bits per heavy atom. The summed E-state index contributed by atoms with van der Waals surface area (Å²) in [5.74, 6) is -0.495. The molecule has 0 aliphatic rings. The molecule has 0 saturated carbocycles. The molecule has 0 saturated heterocycles. The molecule has 126 valence electrons. The Bertz CT molecular complexity index is 1180. The van der Waals surface area contributed by atoms with Crippen molar-refractivity contribution in [3.63, 3.8) is 0 Å². The number of aromatic amines is 1. The second-order valence-corrected chi connectivity index (χ2v) is 7.52. The summed E-state index contributed by atoms with van der Waals surface area (Å²) < 4.78 is 41.0. The lowest BCUT2D eigenvalue weighted by molar-refractivity contribution is 0.589. The third kappa shape index (κ3) is 2.44. The molecular weight excluding hydrogens is 341 g/mol. The van der Waals surface area contributed by atoms with Crippen LogP contribution in [0.4, 0.5) is 4.39 Å². The zero-order valence-corrected chi connectivity index (χ0v) is 14.1. The van der Waals surface area contributed by atoms with E-state index in [0.717, 1.165) is 15.2 Å². The molecule has 1 N–H and O–H groups in total. The van der Waals surface area contributed by atoms with Crippen molar-refractivity contribution in [1.82, 2.24) is 14.2 Å². The minimum absolute atomic E-state index is 0.145. The van der Waals surface area contributed by atoms with Crippen LogP contribution in [0.5, 0.6) is 0 Å². The standard InChI is InChI=1S/C18H14FN3O2S/c1-12-16(10-20-21-12)17-11-22(18-9-13(19)7-8-15(17)18)25(23,24)14-5-3-2-4-6-14/h2-11H,1H3,(H,20,21). The van der Waals surface area contributed by atoms with Crippen LogP contribution in [-0.4, -0.2) is 22.6 Å². The Labute approximate surface area is 143 Å². The number of hydrogen-bond acceptors (Lipinski definition) is 3. The van der Waals surface area contributed by atoms with E-state index >= 15 is 0 Å². The van der Waals surface area contributed by atoms with Crippen LogP contribution < -0.4 is 0 Å². The van der Waals surface area contributed by atoms with Gasteiger partial charge in [0.25, 0.3) is 10.0 Å². The van der Waals surface area contributed by atoms with Gasteiger partial charge in [0.05, 0.1) is 16.1 Å². The third-order valence-electron chi connectivity index (χ3n) is 4.15. The van der Waals surface area contributed by atoms with Gasteiger partial charge >= 0.3 is 0 Å². The molecule has 0 atom stereocenters. The third-order valence-corrected chi connectivity index (χ3v) is 5.84. The van der Waals surface area contributed by atoms with E-state index in [4.69, 9.17) is 0 Å². The lowest BCUT2D eigenvalue weighted by Gasteiger charge is -2.07. The summed E-state index contributed by atoms with van der Waals surface area (Å²) in [7, 11) is -3.85. The summed E-state index contributed by atoms with van der Waals surface area (Å²) in [5, 5.41) is 7.50. The Morgan fingerprint density at radius 1 is 1.08 bits per heavy atom. The maximum absolute atomic E-state index is 13.8. The van der Waals surface area contributed by atoms with Crippen molar-refractivity contribution in [3.8, 4) is 11.1 Å². The minimum Gasteiger partial charge on any atom is -0.285 e. The van der Waals surface area contributed by atoms with E-state index in [1.54, 1.807) is 30.5 Å². The van der Waals surface area contributed by atoms with Crippen molar-refractivity contribution in [2.45, 2.75) is 11.8 Å². The smallest absolute Gasteiger partial charge is 0.268 e. The SMILES string of the molecule is Cc1n[nH]cc1-c1cn(S(=O)(=O)c2ccccc2)c2cc(F)ccc12. The fourth-order valence-corrected chi connectivity index (χ4v) is 4.30. The highest BCUT2D eigenvalue weighted by Gasteiger charge is 2.23. The van der Waals surface area contributed by atoms with Gasteiger partial charge in [0.15, 0.2) is 0 Å². The number of H-pyrrole nitrogens is 1. The lowest BCUT2D eigenvalue weighted by Crippen LogP contribution is -2.11. The monoisotopic (exact) mass is 355 g/mol. The van der Waals surface area contributed by atoms with E-state index in [9.17, 15) is 12.8 Å². The van der Waals surface area contributed by atoms with Gasteiger partial charge in [-0.2, -0.15) is 5.10 Å². The molecule has 0 bridgehead atoms.